The summed E-state index contributed by atoms with van der Waals surface area (Å²) in [5, 5.41) is 0. The Labute approximate surface area is 119 Å². The first-order valence-electron chi connectivity index (χ1n) is 7.92. The predicted octanol–water partition coefficient (Wildman–Crippen LogP) is 2.37. The second-order valence-corrected chi connectivity index (χ2v) is 6.72. The zero-order chi connectivity index (χ0) is 14.2. The quantitative estimate of drug-likeness (QED) is 0.795. The van der Waals surface area contributed by atoms with Crippen molar-refractivity contribution in [2.24, 2.45) is 11.8 Å². The van der Waals surface area contributed by atoms with E-state index in [1.54, 1.807) is 0 Å². The fourth-order valence-electron chi connectivity index (χ4n) is 3.54. The van der Waals surface area contributed by atoms with E-state index in [0.717, 1.165) is 52.0 Å². The molecule has 0 unspecified atom stereocenters. The Bertz CT molecular complexity index is 363. The van der Waals surface area contributed by atoms with Crippen molar-refractivity contribution in [1.82, 2.24) is 9.80 Å². The molecule has 1 atom stereocenters. The third kappa shape index (κ3) is 3.48. The molecular formula is C15H24F2N2O. The first-order valence-corrected chi connectivity index (χ1v) is 7.92. The van der Waals surface area contributed by atoms with Gasteiger partial charge in [-0.15, -0.1) is 0 Å². The maximum absolute atomic E-state index is 13.4. The van der Waals surface area contributed by atoms with E-state index in [2.05, 4.69) is 4.90 Å². The molecule has 3 rings (SSSR count). The molecule has 20 heavy (non-hydrogen) atoms. The van der Waals surface area contributed by atoms with E-state index in [1.807, 2.05) is 4.90 Å². The molecule has 1 amide bonds. The molecule has 2 aliphatic carbocycles. The van der Waals surface area contributed by atoms with E-state index in [4.69, 9.17) is 0 Å². The van der Waals surface area contributed by atoms with Gasteiger partial charge in [0.25, 0.3) is 0 Å². The van der Waals surface area contributed by atoms with Crippen LogP contribution in [0.4, 0.5) is 8.78 Å². The highest BCUT2D eigenvalue weighted by Gasteiger charge is 2.38. The van der Waals surface area contributed by atoms with Crippen molar-refractivity contribution in [3.8, 4) is 0 Å². The first-order chi connectivity index (χ1) is 9.53. The number of rotatable bonds is 3. The van der Waals surface area contributed by atoms with Crippen molar-refractivity contribution in [2.45, 2.75) is 44.4 Å². The fraction of sp³-hybridized carbons (Fsp3) is 0.933. The third-order valence-corrected chi connectivity index (χ3v) is 4.87. The summed E-state index contributed by atoms with van der Waals surface area (Å²) >= 11 is 0. The van der Waals surface area contributed by atoms with E-state index in [1.165, 1.54) is 0 Å². The number of halogens is 2. The van der Waals surface area contributed by atoms with Gasteiger partial charge in [0.05, 0.1) is 0 Å². The molecule has 0 aromatic rings. The summed E-state index contributed by atoms with van der Waals surface area (Å²) in [6, 6.07) is 0. The maximum atomic E-state index is 13.4. The summed E-state index contributed by atoms with van der Waals surface area (Å²) in [5.41, 5.74) is 0. The van der Waals surface area contributed by atoms with Crippen molar-refractivity contribution in [2.75, 3.05) is 32.7 Å². The summed E-state index contributed by atoms with van der Waals surface area (Å²) in [7, 11) is 0. The molecule has 0 N–H and O–H groups in total. The van der Waals surface area contributed by atoms with Crippen LogP contribution in [0.25, 0.3) is 0 Å². The SMILES string of the molecule is O=C(C1CC1)N1CCN(C[C@@H]2CCCC(F)(F)C2)CC1. The van der Waals surface area contributed by atoms with Gasteiger partial charge in [-0.3, -0.25) is 9.69 Å². The highest BCUT2D eigenvalue weighted by Crippen LogP contribution is 2.37. The van der Waals surface area contributed by atoms with E-state index < -0.39 is 5.92 Å². The lowest BCUT2D eigenvalue weighted by atomic mass is 9.86. The molecule has 0 aromatic heterocycles. The summed E-state index contributed by atoms with van der Waals surface area (Å²) in [5.74, 6) is -1.72. The van der Waals surface area contributed by atoms with Gasteiger partial charge in [0.2, 0.25) is 11.8 Å². The number of nitrogens with zero attached hydrogens (tertiary/aromatic N) is 2. The minimum absolute atomic E-state index is 0.0498. The second-order valence-electron chi connectivity index (χ2n) is 6.72. The van der Waals surface area contributed by atoms with Gasteiger partial charge < -0.3 is 4.90 Å². The van der Waals surface area contributed by atoms with Crippen LogP contribution in [0, 0.1) is 11.8 Å². The summed E-state index contributed by atoms with van der Waals surface area (Å²) in [6.45, 7) is 4.03. The number of alkyl halides is 2. The van der Waals surface area contributed by atoms with Crippen molar-refractivity contribution >= 4 is 5.91 Å². The van der Waals surface area contributed by atoms with Crippen LogP contribution in [0.1, 0.15) is 38.5 Å². The van der Waals surface area contributed by atoms with Crippen LogP contribution in [-0.4, -0.2) is 54.4 Å². The van der Waals surface area contributed by atoms with Crippen LogP contribution < -0.4 is 0 Å². The summed E-state index contributed by atoms with van der Waals surface area (Å²) in [6.07, 6.45) is 3.79. The Morgan fingerprint density at radius 2 is 1.80 bits per heavy atom. The van der Waals surface area contributed by atoms with E-state index in [0.29, 0.717) is 18.2 Å². The average molecular weight is 286 g/mol. The van der Waals surface area contributed by atoms with Crippen LogP contribution in [-0.2, 0) is 4.79 Å². The Balaban J connectivity index is 1.43. The number of piperazine rings is 1. The van der Waals surface area contributed by atoms with Gasteiger partial charge in [0, 0.05) is 51.5 Å². The Morgan fingerprint density at radius 1 is 1.10 bits per heavy atom. The molecule has 1 heterocycles. The van der Waals surface area contributed by atoms with Crippen LogP contribution in [0.3, 0.4) is 0 Å². The van der Waals surface area contributed by atoms with Crippen LogP contribution in [0.15, 0.2) is 0 Å². The molecule has 0 radical (unpaired) electrons. The largest absolute Gasteiger partial charge is 0.340 e. The van der Waals surface area contributed by atoms with Gasteiger partial charge in [0.1, 0.15) is 0 Å². The minimum atomic E-state index is -2.45. The molecule has 0 aromatic carbocycles. The molecule has 0 bridgehead atoms. The standard InChI is InChI=1S/C15H24F2N2O/c16-15(17)5-1-2-12(10-15)11-18-6-8-19(9-7-18)14(20)13-3-4-13/h12-13H,1-11H2/t12-/m1/s1. The van der Waals surface area contributed by atoms with Gasteiger partial charge >= 0.3 is 0 Å². The van der Waals surface area contributed by atoms with E-state index in [9.17, 15) is 13.6 Å². The lowest BCUT2D eigenvalue weighted by Crippen LogP contribution is -2.50. The van der Waals surface area contributed by atoms with Gasteiger partial charge in [-0.2, -0.15) is 0 Å². The second kappa shape index (κ2) is 5.58. The van der Waals surface area contributed by atoms with Gasteiger partial charge in [-0.25, -0.2) is 8.78 Å². The van der Waals surface area contributed by atoms with Crippen molar-refractivity contribution in [3.05, 3.63) is 0 Å². The topological polar surface area (TPSA) is 23.6 Å². The van der Waals surface area contributed by atoms with Crippen molar-refractivity contribution in [1.29, 1.82) is 0 Å². The highest BCUT2D eigenvalue weighted by molar-refractivity contribution is 5.81. The van der Waals surface area contributed by atoms with Gasteiger partial charge in [-0.1, -0.05) is 0 Å². The first kappa shape index (κ1) is 14.2. The van der Waals surface area contributed by atoms with E-state index in [-0.39, 0.29) is 18.8 Å². The molecular weight excluding hydrogens is 262 g/mol. The normalized spacial score (nSPS) is 31.3. The number of carbonyl (C=O) groups is 1. The van der Waals surface area contributed by atoms with Crippen molar-refractivity contribution in [3.63, 3.8) is 0 Å². The maximum Gasteiger partial charge on any atom is 0.248 e. The summed E-state index contributed by atoms with van der Waals surface area (Å²) < 4.78 is 26.8. The molecule has 3 fully saturated rings. The molecule has 114 valence electrons. The predicted molar refractivity (Wildman–Crippen MR) is 72.6 cm³/mol. The average Bonchev–Trinajstić information content (AvgIpc) is 3.22. The number of hydrogen-bond acceptors (Lipinski definition) is 2. The van der Waals surface area contributed by atoms with Crippen molar-refractivity contribution < 1.29 is 13.6 Å². The molecule has 1 saturated heterocycles. The Kier molecular flexibility index (Phi) is 3.98. The number of amides is 1. The highest BCUT2D eigenvalue weighted by atomic mass is 19.3. The Morgan fingerprint density at radius 3 is 2.40 bits per heavy atom. The van der Waals surface area contributed by atoms with E-state index >= 15 is 0 Å². The Hall–Kier alpha value is -0.710. The minimum Gasteiger partial charge on any atom is -0.340 e. The van der Waals surface area contributed by atoms with Crippen LogP contribution >= 0.6 is 0 Å². The molecule has 0 spiro atoms. The zero-order valence-electron chi connectivity index (χ0n) is 12.0. The smallest absolute Gasteiger partial charge is 0.248 e. The zero-order valence-corrected chi connectivity index (χ0v) is 12.0. The fourth-order valence-corrected chi connectivity index (χ4v) is 3.54. The lowest BCUT2D eigenvalue weighted by Gasteiger charge is -2.38. The van der Waals surface area contributed by atoms with Crippen LogP contribution in [0.5, 0.6) is 0 Å². The molecule has 5 heteroatoms. The van der Waals surface area contributed by atoms with Gasteiger partial charge in [-0.05, 0) is 31.6 Å². The van der Waals surface area contributed by atoms with Crippen LogP contribution in [0.2, 0.25) is 0 Å². The number of carbonyl (C=O) groups excluding carboxylic acids is 1. The molecule has 3 nitrogen and oxygen atoms in total. The summed E-state index contributed by atoms with van der Waals surface area (Å²) in [4.78, 5) is 16.2. The molecule has 3 aliphatic rings. The monoisotopic (exact) mass is 286 g/mol. The molecule has 2 saturated carbocycles. The van der Waals surface area contributed by atoms with Gasteiger partial charge in [0.15, 0.2) is 0 Å². The molecule has 1 aliphatic heterocycles. The third-order valence-electron chi connectivity index (χ3n) is 4.87. The number of hydrogen-bond donors (Lipinski definition) is 0. The lowest BCUT2D eigenvalue weighted by molar-refractivity contribution is -0.134.